The van der Waals surface area contributed by atoms with Gasteiger partial charge in [0, 0.05) is 18.9 Å². The molecule has 2 N–H and O–H groups in total. The van der Waals surface area contributed by atoms with Crippen LogP contribution in [-0.2, 0) is 6.54 Å². The maximum Gasteiger partial charge on any atom is 0.138 e. The summed E-state index contributed by atoms with van der Waals surface area (Å²) >= 11 is 5.93. The van der Waals surface area contributed by atoms with Gasteiger partial charge in [0.1, 0.15) is 11.6 Å². The molecule has 0 atom stereocenters. The number of rotatable bonds is 2. The van der Waals surface area contributed by atoms with Gasteiger partial charge in [0.05, 0.1) is 10.7 Å². The van der Waals surface area contributed by atoms with Gasteiger partial charge >= 0.3 is 0 Å². The number of nitrogens with zero attached hydrogens (tertiary/aromatic N) is 3. The minimum atomic E-state index is 0.334. The van der Waals surface area contributed by atoms with Crippen LogP contribution in [0.15, 0.2) is 24.5 Å². The Labute approximate surface area is 92.7 Å². The zero-order valence-corrected chi connectivity index (χ0v) is 9.07. The molecule has 0 saturated carbocycles. The van der Waals surface area contributed by atoms with Crippen LogP contribution in [0.2, 0.25) is 5.02 Å². The first kappa shape index (κ1) is 10.1. The van der Waals surface area contributed by atoms with Crippen molar-refractivity contribution in [2.24, 2.45) is 5.73 Å². The molecule has 0 saturated heterocycles. The quantitative estimate of drug-likeness (QED) is 0.841. The second-order valence-corrected chi connectivity index (χ2v) is 3.55. The Hall–Kier alpha value is -1.39. The van der Waals surface area contributed by atoms with E-state index in [1.54, 1.807) is 12.3 Å². The lowest BCUT2D eigenvalue weighted by molar-refractivity contribution is 0.896. The summed E-state index contributed by atoms with van der Waals surface area (Å²) in [4.78, 5) is 8.49. The van der Waals surface area contributed by atoms with E-state index in [2.05, 4.69) is 9.97 Å². The monoisotopic (exact) mass is 222 g/mol. The van der Waals surface area contributed by atoms with Crippen LogP contribution in [0, 0.1) is 6.92 Å². The lowest BCUT2D eigenvalue weighted by Crippen LogP contribution is -2.05. The van der Waals surface area contributed by atoms with Crippen LogP contribution in [0.5, 0.6) is 0 Å². The SMILES string of the molecule is Cc1nccn1-c1ccc(Cl)c(CN)n1. The van der Waals surface area contributed by atoms with Crippen molar-refractivity contribution in [1.82, 2.24) is 14.5 Å². The van der Waals surface area contributed by atoms with Crippen molar-refractivity contribution in [1.29, 1.82) is 0 Å². The van der Waals surface area contributed by atoms with Crippen LogP contribution >= 0.6 is 11.6 Å². The smallest absolute Gasteiger partial charge is 0.138 e. The number of imidazole rings is 1. The molecule has 0 spiro atoms. The van der Waals surface area contributed by atoms with Gasteiger partial charge in [-0.05, 0) is 19.1 Å². The predicted molar refractivity (Wildman–Crippen MR) is 59.0 cm³/mol. The first-order chi connectivity index (χ1) is 7.22. The van der Waals surface area contributed by atoms with Gasteiger partial charge < -0.3 is 5.73 Å². The fraction of sp³-hybridized carbons (Fsp3) is 0.200. The van der Waals surface area contributed by atoms with E-state index in [0.717, 1.165) is 11.6 Å². The maximum atomic E-state index is 5.93. The molecule has 0 amide bonds. The minimum absolute atomic E-state index is 0.334. The molecular weight excluding hydrogens is 212 g/mol. The molecule has 2 aromatic heterocycles. The van der Waals surface area contributed by atoms with E-state index in [1.165, 1.54) is 0 Å². The summed E-state index contributed by atoms with van der Waals surface area (Å²) in [5, 5.41) is 0.596. The normalized spacial score (nSPS) is 10.6. The van der Waals surface area contributed by atoms with E-state index in [1.807, 2.05) is 23.8 Å². The molecule has 0 aliphatic heterocycles. The summed E-state index contributed by atoms with van der Waals surface area (Å²) in [6.07, 6.45) is 3.58. The molecule has 2 rings (SSSR count). The van der Waals surface area contributed by atoms with Crippen LogP contribution in [0.3, 0.4) is 0 Å². The van der Waals surface area contributed by atoms with E-state index >= 15 is 0 Å². The van der Waals surface area contributed by atoms with Crippen molar-refractivity contribution in [2.45, 2.75) is 13.5 Å². The van der Waals surface area contributed by atoms with E-state index in [0.29, 0.717) is 17.3 Å². The Morgan fingerprint density at radius 2 is 2.27 bits per heavy atom. The first-order valence-corrected chi connectivity index (χ1v) is 4.96. The highest BCUT2D eigenvalue weighted by molar-refractivity contribution is 6.31. The number of hydrogen-bond acceptors (Lipinski definition) is 3. The van der Waals surface area contributed by atoms with Crippen LogP contribution in [0.4, 0.5) is 0 Å². The Kier molecular flexibility index (Phi) is 2.70. The van der Waals surface area contributed by atoms with Gasteiger partial charge in [-0.25, -0.2) is 9.97 Å². The molecule has 2 aromatic rings. The number of nitrogens with two attached hydrogens (primary N) is 1. The molecule has 0 aliphatic carbocycles. The van der Waals surface area contributed by atoms with Crippen LogP contribution < -0.4 is 5.73 Å². The summed E-state index contributed by atoms with van der Waals surface area (Å²) in [5.74, 6) is 1.67. The molecule has 5 heteroatoms. The van der Waals surface area contributed by atoms with Crippen LogP contribution in [0.25, 0.3) is 5.82 Å². The Bertz CT molecular complexity index is 478. The summed E-state index contributed by atoms with van der Waals surface area (Å²) in [7, 11) is 0. The lowest BCUT2D eigenvalue weighted by atomic mass is 10.3. The van der Waals surface area contributed by atoms with Gasteiger partial charge in [0.15, 0.2) is 0 Å². The average molecular weight is 223 g/mol. The second kappa shape index (κ2) is 4.00. The third kappa shape index (κ3) is 1.86. The summed E-state index contributed by atoms with van der Waals surface area (Å²) in [6.45, 7) is 2.25. The average Bonchev–Trinajstić information content (AvgIpc) is 2.65. The van der Waals surface area contributed by atoms with Gasteiger partial charge in [0.25, 0.3) is 0 Å². The van der Waals surface area contributed by atoms with Gasteiger partial charge in [-0.1, -0.05) is 11.6 Å². The van der Waals surface area contributed by atoms with Crippen molar-refractivity contribution < 1.29 is 0 Å². The van der Waals surface area contributed by atoms with Gasteiger partial charge in [-0.2, -0.15) is 0 Å². The summed E-state index contributed by atoms with van der Waals surface area (Å²) in [6, 6.07) is 3.64. The molecule has 2 heterocycles. The number of pyridine rings is 1. The number of aromatic nitrogens is 3. The van der Waals surface area contributed by atoms with Crippen molar-refractivity contribution >= 4 is 11.6 Å². The van der Waals surface area contributed by atoms with Crippen LogP contribution in [-0.4, -0.2) is 14.5 Å². The first-order valence-electron chi connectivity index (χ1n) is 4.58. The third-order valence-electron chi connectivity index (χ3n) is 2.17. The van der Waals surface area contributed by atoms with E-state index in [4.69, 9.17) is 17.3 Å². The van der Waals surface area contributed by atoms with E-state index < -0.39 is 0 Å². The zero-order chi connectivity index (χ0) is 10.8. The molecule has 15 heavy (non-hydrogen) atoms. The molecule has 0 aromatic carbocycles. The molecule has 0 bridgehead atoms. The number of hydrogen-bond donors (Lipinski definition) is 1. The topological polar surface area (TPSA) is 56.7 Å². The lowest BCUT2D eigenvalue weighted by Gasteiger charge is -2.06. The fourth-order valence-electron chi connectivity index (χ4n) is 1.37. The van der Waals surface area contributed by atoms with Crippen molar-refractivity contribution in [2.75, 3.05) is 0 Å². The predicted octanol–water partition coefficient (Wildman–Crippen LogP) is 1.69. The van der Waals surface area contributed by atoms with E-state index in [-0.39, 0.29) is 0 Å². The zero-order valence-electron chi connectivity index (χ0n) is 8.31. The Balaban J connectivity index is 2.51. The van der Waals surface area contributed by atoms with Gasteiger partial charge in [-0.3, -0.25) is 4.57 Å². The van der Waals surface area contributed by atoms with Gasteiger partial charge in [-0.15, -0.1) is 0 Å². The third-order valence-corrected chi connectivity index (χ3v) is 2.51. The van der Waals surface area contributed by atoms with E-state index in [9.17, 15) is 0 Å². The summed E-state index contributed by atoms with van der Waals surface area (Å²) in [5.41, 5.74) is 6.24. The second-order valence-electron chi connectivity index (χ2n) is 3.15. The fourth-order valence-corrected chi connectivity index (χ4v) is 1.55. The Morgan fingerprint density at radius 1 is 1.47 bits per heavy atom. The molecule has 0 unspecified atom stereocenters. The molecule has 4 nitrogen and oxygen atoms in total. The molecule has 0 fully saturated rings. The number of halogens is 1. The van der Waals surface area contributed by atoms with Crippen molar-refractivity contribution in [3.05, 3.63) is 41.1 Å². The van der Waals surface area contributed by atoms with Crippen molar-refractivity contribution in [3.8, 4) is 5.82 Å². The standard InChI is InChI=1S/C10H11ClN4/c1-7-13-4-5-15(7)10-3-2-8(11)9(6-12)14-10/h2-5H,6,12H2,1H3. The number of aryl methyl sites for hydroxylation is 1. The Morgan fingerprint density at radius 3 is 2.87 bits per heavy atom. The molecule has 78 valence electrons. The summed E-state index contributed by atoms with van der Waals surface area (Å²) < 4.78 is 1.88. The highest BCUT2D eigenvalue weighted by Crippen LogP contribution is 2.16. The van der Waals surface area contributed by atoms with Crippen LogP contribution in [0.1, 0.15) is 11.5 Å². The highest BCUT2D eigenvalue weighted by atomic mass is 35.5. The van der Waals surface area contributed by atoms with Gasteiger partial charge in [0.2, 0.25) is 0 Å². The molecule has 0 radical (unpaired) electrons. The van der Waals surface area contributed by atoms with Crippen molar-refractivity contribution in [3.63, 3.8) is 0 Å². The molecule has 0 aliphatic rings. The largest absolute Gasteiger partial charge is 0.325 e. The maximum absolute atomic E-state index is 5.93. The minimum Gasteiger partial charge on any atom is -0.325 e. The molecular formula is C10H11ClN4. The highest BCUT2D eigenvalue weighted by Gasteiger charge is 2.05.